The molecule has 4 heteroatoms. The fourth-order valence-corrected chi connectivity index (χ4v) is 8.48. The van der Waals surface area contributed by atoms with Gasteiger partial charge >= 0.3 is 0 Å². The fourth-order valence-electron chi connectivity index (χ4n) is 8.48. The van der Waals surface area contributed by atoms with Crippen LogP contribution >= 0.6 is 0 Å². The third-order valence-electron chi connectivity index (χ3n) is 11.1. The van der Waals surface area contributed by atoms with Crippen LogP contribution in [0.15, 0.2) is 189 Å². The van der Waals surface area contributed by atoms with Crippen molar-refractivity contribution < 1.29 is 8.83 Å². The molecule has 10 rings (SSSR count). The number of rotatable bonds is 7. The number of allylic oxidation sites excluding steroid dienone is 3. The van der Waals surface area contributed by atoms with Gasteiger partial charge in [0.05, 0.1) is 11.4 Å². The molecular weight excluding hydrogens is 673 g/mol. The van der Waals surface area contributed by atoms with Crippen LogP contribution in [0.1, 0.15) is 31.9 Å². The van der Waals surface area contributed by atoms with Gasteiger partial charge in [-0.15, -0.1) is 0 Å². The van der Waals surface area contributed by atoms with E-state index in [1.54, 1.807) is 0 Å². The summed E-state index contributed by atoms with van der Waals surface area (Å²) in [6.45, 7) is 6.66. The molecule has 0 unspecified atom stereocenters. The molecule has 55 heavy (non-hydrogen) atoms. The first-order valence-corrected chi connectivity index (χ1v) is 18.8. The summed E-state index contributed by atoms with van der Waals surface area (Å²) in [7, 11) is 0. The van der Waals surface area contributed by atoms with E-state index >= 15 is 0 Å². The van der Waals surface area contributed by atoms with E-state index in [-0.39, 0.29) is 5.41 Å². The van der Waals surface area contributed by atoms with Crippen LogP contribution in [0.2, 0.25) is 0 Å². The molecule has 0 bridgehead atoms. The van der Waals surface area contributed by atoms with Crippen molar-refractivity contribution in [2.45, 2.75) is 26.2 Å². The number of benzene rings is 7. The van der Waals surface area contributed by atoms with Crippen LogP contribution in [0.4, 0.5) is 17.1 Å². The molecule has 0 N–H and O–H groups in total. The third kappa shape index (κ3) is 5.25. The summed E-state index contributed by atoms with van der Waals surface area (Å²) >= 11 is 0. The lowest BCUT2D eigenvalue weighted by atomic mass is 9.82. The number of nitrogens with zero attached hydrogens (tertiary/aromatic N) is 2. The van der Waals surface area contributed by atoms with E-state index in [0.29, 0.717) is 0 Å². The van der Waals surface area contributed by atoms with E-state index in [1.165, 1.54) is 22.3 Å². The first kappa shape index (κ1) is 32.7. The lowest BCUT2D eigenvalue weighted by molar-refractivity contribution is 0.653. The Balaban J connectivity index is 1.16. The molecule has 2 aromatic heterocycles. The van der Waals surface area contributed by atoms with E-state index in [9.17, 15) is 0 Å². The van der Waals surface area contributed by atoms with Crippen LogP contribution < -0.4 is 4.90 Å². The lowest BCUT2D eigenvalue weighted by Gasteiger charge is -2.26. The second-order valence-corrected chi connectivity index (χ2v) is 14.7. The number of aliphatic imine (C=N–C) groups is 1. The van der Waals surface area contributed by atoms with Gasteiger partial charge < -0.3 is 13.7 Å². The Labute approximate surface area is 320 Å². The molecule has 264 valence electrons. The van der Waals surface area contributed by atoms with Crippen molar-refractivity contribution in [3.63, 3.8) is 0 Å². The number of hydrogen-bond donors (Lipinski definition) is 0. The van der Waals surface area contributed by atoms with Crippen LogP contribution in [0.25, 0.3) is 66.1 Å². The number of para-hydroxylation sites is 4. The Morgan fingerprint density at radius 3 is 2.11 bits per heavy atom. The molecule has 7 aromatic carbocycles. The number of fused-ring (bicyclic) bond motifs is 10. The zero-order valence-electron chi connectivity index (χ0n) is 31.0. The van der Waals surface area contributed by atoms with Crippen molar-refractivity contribution in [3.8, 4) is 22.3 Å². The highest BCUT2D eigenvalue weighted by Gasteiger charge is 2.37. The highest BCUT2D eigenvalue weighted by atomic mass is 16.3. The average molecular weight is 711 g/mol. The van der Waals surface area contributed by atoms with Crippen molar-refractivity contribution in [1.82, 2.24) is 0 Å². The third-order valence-corrected chi connectivity index (χ3v) is 11.1. The van der Waals surface area contributed by atoms with Gasteiger partial charge in [0.2, 0.25) is 0 Å². The summed E-state index contributed by atoms with van der Waals surface area (Å²) in [6.07, 6.45) is 8.13. The minimum absolute atomic E-state index is 0.123. The maximum absolute atomic E-state index is 7.11. The van der Waals surface area contributed by atoms with Crippen molar-refractivity contribution in [2.24, 2.45) is 4.99 Å². The molecule has 0 aliphatic heterocycles. The zero-order valence-corrected chi connectivity index (χ0v) is 31.0. The average Bonchev–Trinajstić information content (AvgIpc) is 3.87. The molecule has 0 atom stereocenters. The van der Waals surface area contributed by atoms with Gasteiger partial charge in [0.1, 0.15) is 16.7 Å². The molecule has 1 aliphatic carbocycles. The Bertz CT molecular complexity index is 3010. The normalized spacial score (nSPS) is 13.8. The first-order chi connectivity index (χ1) is 27.0. The maximum Gasteiger partial charge on any atom is 0.159 e. The molecule has 1 aliphatic rings. The van der Waals surface area contributed by atoms with Crippen LogP contribution in [0.3, 0.4) is 0 Å². The van der Waals surface area contributed by atoms with E-state index in [2.05, 4.69) is 146 Å². The molecule has 4 nitrogen and oxygen atoms in total. The van der Waals surface area contributed by atoms with Gasteiger partial charge in [0, 0.05) is 55.7 Å². The van der Waals surface area contributed by atoms with Crippen LogP contribution in [0.5, 0.6) is 0 Å². The van der Waals surface area contributed by atoms with Crippen LogP contribution in [-0.4, -0.2) is 6.21 Å². The fraction of sp³-hybridized carbons (Fsp3) is 0.0784. The Morgan fingerprint density at radius 1 is 0.582 bits per heavy atom. The maximum atomic E-state index is 7.11. The van der Waals surface area contributed by atoms with Gasteiger partial charge in [-0.2, -0.15) is 0 Å². The van der Waals surface area contributed by atoms with Gasteiger partial charge in [-0.25, -0.2) is 0 Å². The Hall–Kier alpha value is -6.91. The van der Waals surface area contributed by atoms with E-state index in [1.807, 2.05) is 55.6 Å². The van der Waals surface area contributed by atoms with Crippen molar-refractivity contribution in [2.75, 3.05) is 4.90 Å². The van der Waals surface area contributed by atoms with Gasteiger partial charge in [0.15, 0.2) is 5.58 Å². The zero-order chi connectivity index (χ0) is 37.1. The second kappa shape index (κ2) is 12.9. The van der Waals surface area contributed by atoms with E-state index < -0.39 is 0 Å². The quantitative estimate of drug-likeness (QED) is 0.122. The highest BCUT2D eigenvalue weighted by molar-refractivity contribution is 6.15. The van der Waals surface area contributed by atoms with Gasteiger partial charge in [-0.1, -0.05) is 135 Å². The summed E-state index contributed by atoms with van der Waals surface area (Å²) in [6, 6.07) is 53.1. The molecule has 0 amide bonds. The summed E-state index contributed by atoms with van der Waals surface area (Å²) in [4.78, 5) is 7.04. The molecule has 9 aromatic rings. The lowest BCUT2D eigenvalue weighted by Crippen LogP contribution is -2.15. The predicted molar refractivity (Wildman–Crippen MR) is 230 cm³/mol. The smallest absolute Gasteiger partial charge is 0.159 e. The van der Waals surface area contributed by atoms with Gasteiger partial charge in [-0.05, 0) is 77.7 Å². The summed E-state index contributed by atoms with van der Waals surface area (Å²) in [5.41, 5.74) is 14.4. The van der Waals surface area contributed by atoms with Crippen LogP contribution in [-0.2, 0) is 5.41 Å². The SMILES string of the molecule is C/C=C\C(=C/C=Nc1ccccc1)N(c1ccc(-c2cccc3c2oc2ccccc23)cc1)c1cccc2c1oc1c3c(ccc12)C(C)(C)c1ccccc1-3. The molecule has 0 radical (unpaired) electrons. The molecule has 0 saturated carbocycles. The topological polar surface area (TPSA) is 41.9 Å². The monoisotopic (exact) mass is 710 g/mol. The van der Waals surface area contributed by atoms with Gasteiger partial charge in [0.25, 0.3) is 0 Å². The number of furan rings is 2. The number of hydrogen-bond acceptors (Lipinski definition) is 4. The summed E-state index contributed by atoms with van der Waals surface area (Å²) in [5, 5.41) is 4.42. The van der Waals surface area contributed by atoms with Crippen LogP contribution in [0, 0.1) is 0 Å². The summed E-state index contributed by atoms with van der Waals surface area (Å²) in [5.74, 6) is 0. The Morgan fingerprint density at radius 2 is 1.27 bits per heavy atom. The van der Waals surface area contributed by atoms with Crippen molar-refractivity contribution in [3.05, 3.63) is 187 Å². The van der Waals surface area contributed by atoms with E-state index in [0.717, 1.165) is 77.8 Å². The largest absolute Gasteiger partial charge is 0.455 e. The second-order valence-electron chi connectivity index (χ2n) is 14.7. The molecular formula is C51H38N2O2. The molecule has 0 fully saturated rings. The minimum atomic E-state index is -0.123. The molecule has 0 spiro atoms. The van der Waals surface area contributed by atoms with E-state index in [4.69, 9.17) is 13.8 Å². The van der Waals surface area contributed by atoms with Crippen molar-refractivity contribution >= 4 is 67.2 Å². The first-order valence-electron chi connectivity index (χ1n) is 18.8. The highest BCUT2D eigenvalue weighted by Crippen LogP contribution is 2.53. The predicted octanol–water partition coefficient (Wildman–Crippen LogP) is 14.5. The van der Waals surface area contributed by atoms with Gasteiger partial charge in [-0.3, -0.25) is 4.99 Å². The minimum Gasteiger partial charge on any atom is -0.455 e. The molecule has 2 heterocycles. The van der Waals surface area contributed by atoms with Crippen molar-refractivity contribution in [1.29, 1.82) is 0 Å². The number of anilines is 2. The summed E-state index contributed by atoms with van der Waals surface area (Å²) < 4.78 is 13.5. The Kier molecular flexibility index (Phi) is 7.67. The molecule has 0 saturated heterocycles. The standard InChI is InChI=1S/C51H38N2O2/c1-4-14-35(31-32-52-34-15-6-5-7-16-34)53(36-27-25-33(26-28-36)37-19-12-20-39-38-17-9-11-24-46(38)54-48(37)39)45-23-13-21-40-41-29-30-44-47(50(41)55-49(40)45)42-18-8-10-22-43(42)51(44,2)3/h4-32H,1-3H3/b14-4-,35-31+,52-32?.